The van der Waals surface area contributed by atoms with Crippen LogP contribution in [0.1, 0.15) is 16.9 Å². The summed E-state index contributed by atoms with van der Waals surface area (Å²) < 4.78 is 10.8. The summed E-state index contributed by atoms with van der Waals surface area (Å²) in [5, 5.41) is 8.85. The van der Waals surface area contributed by atoms with Crippen LogP contribution in [0.25, 0.3) is 0 Å². The van der Waals surface area contributed by atoms with Crippen LogP contribution in [-0.4, -0.2) is 5.11 Å². The Morgan fingerprint density at radius 2 is 1.94 bits per heavy atom. The van der Waals surface area contributed by atoms with Crippen molar-refractivity contribution in [1.29, 1.82) is 0 Å². The summed E-state index contributed by atoms with van der Waals surface area (Å²) in [6.45, 7) is 3.97. The molecule has 0 aliphatic heterocycles. The van der Waals surface area contributed by atoms with Gasteiger partial charge >= 0.3 is 0 Å². The molecule has 0 saturated heterocycles. The van der Waals surface area contributed by atoms with Gasteiger partial charge in [-0.3, -0.25) is 0 Å². The van der Waals surface area contributed by atoms with E-state index in [0.29, 0.717) is 11.7 Å². The first-order valence-electron chi connectivity index (χ1n) is 5.13. The van der Waals surface area contributed by atoms with E-state index in [1.54, 1.807) is 12.1 Å². The highest BCUT2D eigenvalue weighted by Crippen LogP contribution is 2.25. The molecule has 0 fully saturated rings. The molecule has 2 rings (SSSR count). The second-order valence-electron chi connectivity index (χ2n) is 3.73. The van der Waals surface area contributed by atoms with Gasteiger partial charge in [0.15, 0.2) is 0 Å². The Kier molecular flexibility index (Phi) is 2.97. The molecule has 1 N–H and O–H groups in total. The second-order valence-corrected chi connectivity index (χ2v) is 3.73. The summed E-state index contributed by atoms with van der Waals surface area (Å²) in [6.07, 6.45) is 0. The fourth-order valence-electron chi connectivity index (χ4n) is 1.39. The summed E-state index contributed by atoms with van der Waals surface area (Å²) in [7, 11) is 0. The predicted octanol–water partition coefficient (Wildman–Crippen LogP) is 3.18. The number of hydrogen-bond donors (Lipinski definition) is 1. The molecule has 0 aliphatic carbocycles. The number of ether oxygens (including phenoxy) is 1. The molecule has 0 radical (unpaired) electrons. The molecular weight excluding hydrogens is 204 g/mol. The Bertz CT molecular complexity index is 486. The average Bonchev–Trinajstić information content (AvgIpc) is 2.71. The maximum Gasteiger partial charge on any atom is 0.290 e. The van der Waals surface area contributed by atoms with E-state index in [4.69, 9.17) is 14.3 Å². The number of rotatable bonds is 3. The van der Waals surface area contributed by atoms with E-state index in [1.807, 2.05) is 25.1 Å². The average molecular weight is 218 g/mol. The smallest absolute Gasteiger partial charge is 0.290 e. The van der Waals surface area contributed by atoms with E-state index in [0.717, 1.165) is 5.75 Å². The van der Waals surface area contributed by atoms with Crippen LogP contribution in [0.15, 0.2) is 34.7 Å². The van der Waals surface area contributed by atoms with Gasteiger partial charge in [-0.1, -0.05) is 6.07 Å². The van der Waals surface area contributed by atoms with Crippen LogP contribution in [0.5, 0.6) is 11.7 Å². The van der Waals surface area contributed by atoms with Gasteiger partial charge in [-0.2, -0.15) is 0 Å². The van der Waals surface area contributed by atoms with Crippen LogP contribution in [0.3, 0.4) is 0 Å². The van der Waals surface area contributed by atoms with Gasteiger partial charge in [0.1, 0.15) is 18.1 Å². The lowest BCUT2D eigenvalue weighted by atomic mass is 10.1. The Hall–Kier alpha value is -1.74. The number of aliphatic hydroxyl groups is 1. The lowest BCUT2D eigenvalue weighted by molar-refractivity contribution is 0.231. The van der Waals surface area contributed by atoms with E-state index in [-0.39, 0.29) is 6.61 Å². The molecule has 0 spiro atoms. The van der Waals surface area contributed by atoms with Crippen molar-refractivity contribution in [1.82, 2.24) is 0 Å². The van der Waals surface area contributed by atoms with Gasteiger partial charge in [0.2, 0.25) is 0 Å². The molecule has 84 valence electrons. The van der Waals surface area contributed by atoms with Crippen LogP contribution in [0, 0.1) is 13.8 Å². The first-order chi connectivity index (χ1) is 7.69. The van der Waals surface area contributed by atoms with Gasteiger partial charge in [-0.05, 0) is 43.2 Å². The lowest BCUT2D eigenvalue weighted by Gasteiger charge is -2.04. The number of benzene rings is 1. The molecule has 1 aromatic carbocycles. The molecule has 0 atom stereocenters. The monoisotopic (exact) mass is 218 g/mol. The van der Waals surface area contributed by atoms with Crippen molar-refractivity contribution in [3.05, 3.63) is 47.2 Å². The van der Waals surface area contributed by atoms with Gasteiger partial charge in [-0.25, -0.2) is 0 Å². The lowest BCUT2D eigenvalue weighted by Crippen LogP contribution is -1.85. The molecular formula is C13H14O3. The minimum Gasteiger partial charge on any atom is -0.428 e. The summed E-state index contributed by atoms with van der Waals surface area (Å²) in [5.41, 5.74) is 2.40. The fraction of sp³-hybridized carbons (Fsp3) is 0.231. The molecule has 0 saturated carbocycles. The zero-order valence-electron chi connectivity index (χ0n) is 9.36. The first kappa shape index (κ1) is 10.8. The number of aryl methyl sites for hydroxylation is 2. The SMILES string of the molecule is Cc1ccc(Oc2ccc(CO)o2)cc1C. The zero-order chi connectivity index (χ0) is 11.5. The second kappa shape index (κ2) is 4.41. The standard InChI is InChI=1S/C13H14O3/c1-9-3-4-11(7-10(9)2)15-13-6-5-12(8-14)16-13/h3-7,14H,8H2,1-2H3. The van der Waals surface area contributed by atoms with Crippen LogP contribution in [0.4, 0.5) is 0 Å². The van der Waals surface area contributed by atoms with Crippen LogP contribution < -0.4 is 4.74 Å². The molecule has 3 heteroatoms. The van der Waals surface area contributed by atoms with E-state index >= 15 is 0 Å². The van der Waals surface area contributed by atoms with Crippen LogP contribution >= 0.6 is 0 Å². The van der Waals surface area contributed by atoms with Crippen molar-refractivity contribution in [3.8, 4) is 11.7 Å². The van der Waals surface area contributed by atoms with Crippen molar-refractivity contribution in [2.75, 3.05) is 0 Å². The Morgan fingerprint density at radius 3 is 2.56 bits per heavy atom. The molecule has 0 unspecified atom stereocenters. The van der Waals surface area contributed by atoms with E-state index < -0.39 is 0 Å². The van der Waals surface area contributed by atoms with Crippen molar-refractivity contribution in [2.45, 2.75) is 20.5 Å². The van der Waals surface area contributed by atoms with Crippen LogP contribution in [0.2, 0.25) is 0 Å². The number of furan rings is 1. The number of hydrogen-bond acceptors (Lipinski definition) is 3. The number of aliphatic hydroxyl groups excluding tert-OH is 1. The topological polar surface area (TPSA) is 42.6 Å². The molecule has 16 heavy (non-hydrogen) atoms. The predicted molar refractivity (Wildman–Crippen MR) is 60.6 cm³/mol. The maximum atomic E-state index is 8.85. The minimum absolute atomic E-state index is 0.115. The first-order valence-corrected chi connectivity index (χ1v) is 5.13. The maximum absolute atomic E-state index is 8.85. The van der Waals surface area contributed by atoms with Gasteiger partial charge in [0.25, 0.3) is 5.95 Å². The molecule has 3 nitrogen and oxygen atoms in total. The molecule has 1 aromatic heterocycles. The third-order valence-electron chi connectivity index (χ3n) is 2.49. The van der Waals surface area contributed by atoms with Crippen molar-refractivity contribution < 1.29 is 14.3 Å². The molecule has 0 aliphatic rings. The van der Waals surface area contributed by atoms with Gasteiger partial charge in [0, 0.05) is 6.07 Å². The van der Waals surface area contributed by atoms with Crippen molar-refractivity contribution in [2.24, 2.45) is 0 Å². The highest BCUT2D eigenvalue weighted by atomic mass is 16.6. The van der Waals surface area contributed by atoms with Crippen molar-refractivity contribution in [3.63, 3.8) is 0 Å². The summed E-state index contributed by atoms with van der Waals surface area (Å²) >= 11 is 0. The largest absolute Gasteiger partial charge is 0.428 e. The quantitative estimate of drug-likeness (QED) is 0.860. The Labute approximate surface area is 94.3 Å². The van der Waals surface area contributed by atoms with Gasteiger partial charge in [-0.15, -0.1) is 0 Å². The normalized spacial score (nSPS) is 10.4. The van der Waals surface area contributed by atoms with Gasteiger partial charge in [0.05, 0.1) is 0 Å². The van der Waals surface area contributed by atoms with Gasteiger partial charge < -0.3 is 14.3 Å². The summed E-state index contributed by atoms with van der Waals surface area (Å²) in [5.74, 6) is 1.63. The molecule has 0 amide bonds. The minimum atomic E-state index is -0.115. The third kappa shape index (κ3) is 2.25. The summed E-state index contributed by atoms with van der Waals surface area (Å²) in [4.78, 5) is 0. The van der Waals surface area contributed by atoms with E-state index in [9.17, 15) is 0 Å². The highest BCUT2D eigenvalue weighted by molar-refractivity contribution is 5.35. The summed E-state index contributed by atoms with van der Waals surface area (Å²) in [6, 6.07) is 9.23. The molecule has 1 heterocycles. The van der Waals surface area contributed by atoms with Crippen molar-refractivity contribution >= 4 is 0 Å². The zero-order valence-corrected chi connectivity index (χ0v) is 9.36. The Morgan fingerprint density at radius 1 is 1.12 bits per heavy atom. The molecule has 0 bridgehead atoms. The molecule has 2 aromatic rings. The van der Waals surface area contributed by atoms with E-state index in [2.05, 4.69) is 6.92 Å². The van der Waals surface area contributed by atoms with E-state index in [1.165, 1.54) is 11.1 Å². The fourth-order valence-corrected chi connectivity index (χ4v) is 1.39. The van der Waals surface area contributed by atoms with Crippen LogP contribution in [-0.2, 0) is 6.61 Å². The third-order valence-corrected chi connectivity index (χ3v) is 2.49. The highest BCUT2D eigenvalue weighted by Gasteiger charge is 2.04. The Balaban J connectivity index is 2.17.